The van der Waals surface area contributed by atoms with Crippen molar-refractivity contribution >= 4 is 11.9 Å². The van der Waals surface area contributed by atoms with Crippen molar-refractivity contribution in [1.29, 1.82) is 0 Å². The summed E-state index contributed by atoms with van der Waals surface area (Å²) < 4.78 is 0. The predicted octanol–water partition coefficient (Wildman–Crippen LogP) is 2.82. The molecule has 138 valence electrons. The average molecular weight is 352 g/mol. The van der Waals surface area contributed by atoms with Gasteiger partial charge >= 0.3 is 0 Å². The molecule has 0 spiro atoms. The highest BCUT2D eigenvalue weighted by Crippen LogP contribution is 2.16. The lowest BCUT2D eigenvalue weighted by Crippen LogP contribution is -2.39. The topological polar surface area (TPSA) is 65.5 Å². The van der Waals surface area contributed by atoms with Crippen LogP contribution in [0.2, 0.25) is 0 Å². The number of amides is 1. The molecule has 1 atom stereocenters. The van der Waals surface area contributed by atoms with Crippen LogP contribution >= 0.6 is 0 Å². The Kier molecular flexibility index (Phi) is 7.21. The first-order chi connectivity index (χ1) is 12.5. The molecule has 2 rings (SSSR count). The fourth-order valence-corrected chi connectivity index (χ4v) is 2.89. The molecule has 3 N–H and O–H groups in total. The number of nitrogens with zero attached hydrogens (tertiary/aromatic N) is 1. The normalized spacial score (nSPS) is 12.4. The molecule has 2 aromatic carbocycles. The first-order valence-corrected chi connectivity index (χ1v) is 8.89. The standard InChI is InChI=1S/C21H28N4O/c1-15-8-5-6-11-19(15)16(2)25-21(23-4)24-13-12-17-9-7-10-18(14-17)20(26)22-3/h5-11,14,16H,12-13H2,1-4H3,(H,22,26)(H2,23,24,25). The number of nitrogens with one attached hydrogen (secondary N) is 3. The second kappa shape index (κ2) is 9.61. The van der Waals surface area contributed by atoms with Gasteiger partial charge in [-0.3, -0.25) is 9.79 Å². The first kappa shape index (κ1) is 19.5. The fourth-order valence-electron chi connectivity index (χ4n) is 2.89. The fraction of sp³-hybridized carbons (Fsp3) is 0.333. The molecule has 1 amide bonds. The summed E-state index contributed by atoms with van der Waals surface area (Å²) in [4.78, 5) is 16.0. The minimum atomic E-state index is -0.0654. The van der Waals surface area contributed by atoms with Crippen molar-refractivity contribution in [3.63, 3.8) is 0 Å². The largest absolute Gasteiger partial charge is 0.356 e. The van der Waals surface area contributed by atoms with E-state index < -0.39 is 0 Å². The van der Waals surface area contributed by atoms with Gasteiger partial charge in [-0.05, 0) is 49.1 Å². The maximum atomic E-state index is 11.7. The zero-order valence-corrected chi connectivity index (χ0v) is 16.0. The molecule has 0 heterocycles. The van der Waals surface area contributed by atoms with Crippen LogP contribution in [-0.2, 0) is 6.42 Å². The van der Waals surface area contributed by atoms with Gasteiger partial charge in [-0.2, -0.15) is 0 Å². The Morgan fingerprint density at radius 3 is 2.62 bits per heavy atom. The van der Waals surface area contributed by atoms with Crippen molar-refractivity contribution in [2.24, 2.45) is 4.99 Å². The third-order valence-corrected chi connectivity index (χ3v) is 4.35. The third kappa shape index (κ3) is 5.34. The molecule has 0 bridgehead atoms. The molecular formula is C21H28N4O. The number of guanidine groups is 1. The quantitative estimate of drug-likeness (QED) is 0.553. The van der Waals surface area contributed by atoms with Gasteiger partial charge in [0.15, 0.2) is 5.96 Å². The molecule has 5 nitrogen and oxygen atoms in total. The van der Waals surface area contributed by atoms with Gasteiger partial charge in [-0.15, -0.1) is 0 Å². The highest BCUT2D eigenvalue weighted by molar-refractivity contribution is 5.94. The molecule has 0 aliphatic heterocycles. The van der Waals surface area contributed by atoms with Crippen molar-refractivity contribution in [2.75, 3.05) is 20.6 Å². The van der Waals surface area contributed by atoms with Crippen LogP contribution in [0, 0.1) is 6.92 Å². The lowest BCUT2D eigenvalue weighted by Gasteiger charge is -2.20. The van der Waals surface area contributed by atoms with Crippen molar-refractivity contribution in [3.05, 3.63) is 70.8 Å². The van der Waals surface area contributed by atoms with E-state index in [1.807, 2.05) is 30.3 Å². The second-order valence-electron chi connectivity index (χ2n) is 6.25. The molecule has 1 unspecified atom stereocenters. The van der Waals surface area contributed by atoms with Crippen LogP contribution in [0.1, 0.15) is 40.0 Å². The van der Waals surface area contributed by atoms with Crippen LogP contribution in [0.15, 0.2) is 53.5 Å². The molecule has 2 aromatic rings. The SMILES string of the molecule is CN=C(NCCc1cccc(C(=O)NC)c1)NC(C)c1ccccc1C. The maximum Gasteiger partial charge on any atom is 0.251 e. The molecule has 0 aliphatic rings. The van der Waals surface area contributed by atoms with Crippen LogP contribution in [0.25, 0.3) is 0 Å². The summed E-state index contributed by atoms with van der Waals surface area (Å²) in [6.07, 6.45) is 0.810. The Morgan fingerprint density at radius 2 is 1.92 bits per heavy atom. The van der Waals surface area contributed by atoms with Gasteiger partial charge in [0.1, 0.15) is 0 Å². The van der Waals surface area contributed by atoms with E-state index in [-0.39, 0.29) is 11.9 Å². The van der Waals surface area contributed by atoms with E-state index in [1.54, 1.807) is 14.1 Å². The number of rotatable bonds is 6. The summed E-state index contributed by atoms with van der Waals surface area (Å²) >= 11 is 0. The van der Waals surface area contributed by atoms with Gasteiger partial charge in [0.2, 0.25) is 0 Å². The summed E-state index contributed by atoms with van der Waals surface area (Å²) in [5.41, 5.74) is 4.31. The Bertz CT molecular complexity index is 770. The Morgan fingerprint density at radius 1 is 1.15 bits per heavy atom. The number of hydrogen-bond acceptors (Lipinski definition) is 2. The minimum Gasteiger partial charge on any atom is -0.356 e. The number of aryl methyl sites for hydroxylation is 1. The van der Waals surface area contributed by atoms with Crippen LogP contribution in [-0.4, -0.2) is 32.5 Å². The number of carbonyl (C=O) groups excluding carboxylic acids is 1. The predicted molar refractivity (Wildman–Crippen MR) is 108 cm³/mol. The lowest BCUT2D eigenvalue weighted by molar-refractivity contribution is 0.0963. The van der Waals surface area contributed by atoms with Gasteiger partial charge in [0.05, 0.1) is 6.04 Å². The van der Waals surface area contributed by atoms with E-state index in [0.717, 1.165) is 24.5 Å². The Labute approximate surface area is 155 Å². The van der Waals surface area contributed by atoms with E-state index in [9.17, 15) is 4.79 Å². The summed E-state index contributed by atoms with van der Waals surface area (Å²) in [6, 6.07) is 16.2. The number of benzene rings is 2. The number of carbonyl (C=O) groups is 1. The van der Waals surface area contributed by atoms with Gasteiger partial charge < -0.3 is 16.0 Å². The molecule has 0 radical (unpaired) electrons. The van der Waals surface area contributed by atoms with Crippen LogP contribution in [0.4, 0.5) is 0 Å². The minimum absolute atomic E-state index is 0.0654. The third-order valence-electron chi connectivity index (χ3n) is 4.35. The highest BCUT2D eigenvalue weighted by Gasteiger charge is 2.10. The van der Waals surface area contributed by atoms with E-state index in [1.165, 1.54) is 11.1 Å². The molecule has 26 heavy (non-hydrogen) atoms. The molecule has 5 heteroatoms. The van der Waals surface area contributed by atoms with Gasteiger partial charge in [0.25, 0.3) is 5.91 Å². The van der Waals surface area contributed by atoms with Crippen molar-refractivity contribution in [1.82, 2.24) is 16.0 Å². The number of aliphatic imine (C=N–C) groups is 1. The van der Waals surface area contributed by atoms with Crippen LogP contribution in [0.3, 0.4) is 0 Å². The first-order valence-electron chi connectivity index (χ1n) is 8.89. The molecule has 0 fully saturated rings. The molecular weight excluding hydrogens is 324 g/mol. The van der Waals surface area contributed by atoms with Crippen molar-refractivity contribution in [3.8, 4) is 0 Å². The average Bonchev–Trinajstić information content (AvgIpc) is 2.67. The summed E-state index contributed by atoms with van der Waals surface area (Å²) in [6.45, 7) is 4.97. The lowest BCUT2D eigenvalue weighted by atomic mass is 10.0. The van der Waals surface area contributed by atoms with E-state index in [0.29, 0.717) is 5.56 Å². The van der Waals surface area contributed by atoms with Crippen LogP contribution < -0.4 is 16.0 Å². The van der Waals surface area contributed by atoms with Gasteiger partial charge in [-0.1, -0.05) is 36.4 Å². The zero-order chi connectivity index (χ0) is 18.9. The smallest absolute Gasteiger partial charge is 0.251 e. The molecule has 0 saturated heterocycles. The molecule has 0 aliphatic carbocycles. The molecule has 0 aromatic heterocycles. The second-order valence-corrected chi connectivity index (χ2v) is 6.25. The number of hydrogen-bond donors (Lipinski definition) is 3. The Hall–Kier alpha value is -2.82. The summed E-state index contributed by atoms with van der Waals surface area (Å²) in [5, 5.41) is 9.41. The summed E-state index contributed by atoms with van der Waals surface area (Å²) in [5.74, 6) is 0.701. The molecule has 0 saturated carbocycles. The maximum absolute atomic E-state index is 11.7. The van der Waals surface area contributed by atoms with Gasteiger partial charge in [0, 0.05) is 26.2 Å². The van der Waals surface area contributed by atoms with Crippen molar-refractivity contribution < 1.29 is 4.79 Å². The van der Waals surface area contributed by atoms with Gasteiger partial charge in [-0.25, -0.2) is 0 Å². The Balaban J connectivity index is 1.90. The van der Waals surface area contributed by atoms with Crippen molar-refractivity contribution in [2.45, 2.75) is 26.3 Å². The zero-order valence-electron chi connectivity index (χ0n) is 16.0. The van der Waals surface area contributed by atoms with E-state index >= 15 is 0 Å². The van der Waals surface area contributed by atoms with Crippen LogP contribution in [0.5, 0.6) is 0 Å². The highest BCUT2D eigenvalue weighted by atomic mass is 16.1. The monoisotopic (exact) mass is 352 g/mol. The van der Waals surface area contributed by atoms with E-state index in [2.05, 4.69) is 53.0 Å². The summed E-state index contributed by atoms with van der Waals surface area (Å²) in [7, 11) is 3.41. The van der Waals surface area contributed by atoms with E-state index in [4.69, 9.17) is 0 Å².